The van der Waals surface area contributed by atoms with Gasteiger partial charge in [0, 0.05) is 18.0 Å². The van der Waals surface area contributed by atoms with E-state index in [1.165, 1.54) is 23.1 Å². The first-order valence-corrected chi connectivity index (χ1v) is 10.7. The first-order valence-electron chi connectivity index (χ1n) is 8.87. The van der Waals surface area contributed by atoms with Crippen LogP contribution in [0, 0.1) is 13.8 Å². The van der Waals surface area contributed by atoms with Gasteiger partial charge in [-0.1, -0.05) is 23.1 Å². The van der Waals surface area contributed by atoms with Crippen LogP contribution < -0.4 is 5.32 Å². The lowest BCUT2D eigenvalue weighted by molar-refractivity contribution is 0.0995. The van der Waals surface area contributed by atoms with Crippen LogP contribution in [-0.2, 0) is 10.5 Å². The van der Waals surface area contributed by atoms with E-state index in [0.29, 0.717) is 21.8 Å². The lowest BCUT2D eigenvalue weighted by Crippen LogP contribution is -2.10. The van der Waals surface area contributed by atoms with Gasteiger partial charge in [-0.2, -0.15) is 0 Å². The normalized spacial score (nSPS) is 16.4. The average Bonchev–Trinajstić information content (AvgIpc) is 3.40. The van der Waals surface area contributed by atoms with Crippen LogP contribution in [0.1, 0.15) is 51.7 Å². The Labute approximate surface area is 170 Å². The molecular formula is C18H19N5O3S2. The van der Waals surface area contributed by atoms with Gasteiger partial charge in [0.1, 0.15) is 16.9 Å². The predicted molar refractivity (Wildman–Crippen MR) is 106 cm³/mol. The van der Waals surface area contributed by atoms with Crippen LogP contribution in [0.4, 0.5) is 5.13 Å². The van der Waals surface area contributed by atoms with E-state index >= 15 is 0 Å². The first kappa shape index (κ1) is 19.0. The van der Waals surface area contributed by atoms with Crippen LogP contribution in [0.5, 0.6) is 0 Å². The lowest BCUT2D eigenvalue weighted by atomic mass is 10.2. The van der Waals surface area contributed by atoms with Crippen LogP contribution in [0.2, 0.25) is 0 Å². The van der Waals surface area contributed by atoms with Gasteiger partial charge in [0.05, 0.1) is 5.75 Å². The molecule has 1 aliphatic rings. The van der Waals surface area contributed by atoms with Gasteiger partial charge in [-0.05, 0) is 44.9 Å². The highest BCUT2D eigenvalue weighted by atomic mass is 32.2. The Bertz CT molecular complexity index is 961. The molecule has 1 fully saturated rings. The van der Waals surface area contributed by atoms with Crippen LogP contribution in [0.25, 0.3) is 0 Å². The number of carbonyl (C=O) groups excluding carboxylic acids is 1. The third-order valence-electron chi connectivity index (χ3n) is 4.06. The number of hydrogen-bond donors (Lipinski definition) is 1. The van der Waals surface area contributed by atoms with Crippen LogP contribution in [0.15, 0.2) is 27.8 Å². The standard InChI is InChI=1S/C18H19N5O3S2/c1-10-8-11(2)20-17(19-10)27-9-12-5-6-13(26-12)15(24)21-18-23-22-16(28-18)14-4-3-7-25-14/h5-6,8,14H,3-4,7,9H2,1-2H3,(H,21,23,24)/t14-/m1/s1. The Hall–Kier alpha value is -2.30. The molecule has 8 nitrogen and oxygen atoms in total. The second kappa shape index (κ2) is 8.38. The number of hydrogen-bond acceptors (Lipinski definition) is 9. The minimum absolute atomic E-state index is 0.0112. The first-order chi connectivity index (χ1) is 13.6. The number of aryl methyl sites for hydroxylation is 2. The van der Waals surface area contributed by atoms with Gasteiger partial charge in [-0.25, -0.2) is 9.97 Å². The molecule has 0 unspecified atom stereocenters. The van der Waals surface area contributed by atoms with E-state index in [-0.39, 0.29) is 17.8 Å². The van der Waals surface area contributed by atoms with E-state index in [9.17, 15) is 4.79 Å². The summed E-state index contributed by atoms with van der Waals surface area (Å²) in [5.41, 5.74) is 1.85. The van der Waals surface area contributed by atoms with Crippen molar-refractivity contribution in [1.29, 1.82) is 0 Å². The highest BCUT2D eigenvalue weighted by Gasteiger charge is 2.23. The summed E-state index contributed by atoms with van der Waals surface area (Å²) in [5, 5.41) is 12.8. The number of nitrogens with one attached hydrogen (secondary N) is 1. The Morgan fingerprint density at radius 2 is 2.11 bits per heavy atom. The van der Waals surface area contributed by atoms with Crippen molar-refractivity contribution in [3.05, 3.63) is 46.1 Å². The molecule has 28 heavy (non-hydrogen) atoms. The zero-order valence-corrected chi connectivity index (χ0v) is 17.1. The summed E-state index contributed by atoms with van der Waals surface area (Å²) >= 11 is 2.80. The molecule has 0 aromatic carbocycles. The van der Waals surface area contributed by atoms with Gasteiger partial charge in [-0.3, -0.25) is 10.1 Å². The summed E-state index contributed by atoms with van der Waals surface area (Å²) < 4.78 is 11.2. The fraction of sp³-hybridized carbons (Fsp3) is 0.389. The zero-order chi connectivity index (χ0) is 19.5. The van der Waals surface area contributed by atoms with E-state index in [4.69, 9.17) is 9.15 Å². The number of thioether (sulfide) groups is 1. The molecule has 3 aromatic rings. The molecular weight excluding hydrogens is 398 g/mol. The highest BCUT2D eigenvalue weighted by molar-refractivity contribution is 7.98. The summed E-state index contributed by atoms with van der Waals surface area (Å²) in [6, 6.07) is 5.36. The Morgan fingerprint density at radius 3 is 2.86 bits per heavy atom. The molecule has 4 rings (SSSR count). The summed E-state index contributed by atoms with van der Waals surface area (Å²) in [4.78, 5) is 21.2. The molecule has 3 aromatic heterocycles. The van der Waals surface area contributed by atoms with Crippen LogP contribution >= 0.6 is 23.1 Å². The Morgan fingerprint density at radius 1 is 1.29 bits per heavy atom. The fourth-order valence-electron chi connectivity index (χ4n) is 2.82. The van der Waals surface area contributed by atoms with Crippen LogP contribution in [-0.4, -0.2) is 32.7 Å². The van der Waals surface area contributed by atoms with Crippen LogP contribution in [0.3, 0.4) is 0 Å². The number of ether oxygens (including phenoxy) is 1. The summed E-state index contributed by atoms with van der Waals surface area (Å²) in [5.74, 6) is 1.09. The summed E-state index contributed by atoms with van der Waals surface area (Å²) in [6.45, 7) is 4.61. The molecule has 10 heteroatoms. The molecule has 0 spiro atoms. The number of anilines is 1. The third-order valence-corrected chi connectivity index (χ3v) is 5.86. The minimum Gasteiger partial charge on any atom is -0.455 e. The van der Waals surface area contributed by atoms with E-state index in [0.717, 1.165) is 35.8 Å². The number of carbonyl (C=O) groups is 1. The molecule has 4 heterocycles. The van der Waals surface area contributed by atoms with Gasteiger partial charge in [0.25, 0.3) is 5.91 Å². The molecule has 0 saturated carbocycles. The van der Waals surface area contributed by atoms with E-state index in [1.54, 1.807) is 12.1 Å². The average molecular weight is 418 g/mol. The molecule has 1 saturated heterocycles. The fourth-order valence-corrected chi connectivity index (χ4v) is 4.48. The highest BCUT2D eigenvalue weighted by Crippen LogP contribution is 2.32. The van der Waals surface area contributed by atoms with Gasteiger partial charge in [0.2, 0.25) is 5.13 Å². The quantitative estimate of drug-likeness (QED) is 0.475. The third kappa shape index (κ3) is 4.57. The number of rotatable bonds is 6. The monoisotopic (exact) mass is 417 g/mol. The second-order valence-corrected chi connectivity index (χ2v) is 8.34. The predicted octanol–water partition coefficient (Wildman–Crippen LogP) is 3.93. The topological polar surface area (TPSA) is 103 Å². The van der Waals surface area contributed by atoms with E-state index in [1.807, 2.05) is 19.9 Å². The number of nitrogens with zero attached hydrogens (tertiary/aromatic N) is 4. The van der Waals surface area contributed by atoms with Crippen molar-refractivity contribution in [1.82, 2.24) is 20.2 Å². The van der Waals surface area contributed by atoms with Crippen molar-refractivity contribution in [3.63, 3.8) is 0 Å². The second-order valence-electron chi connectivity index (χ2n) is 6.39. The van der Waals surface area contributed by atoms with Crippen molar-refractivity contribution in [2.45, 2.75) is 43.7 Å². The Balaban J connectivity index is 1.35. The van der Waals surface area contributed by atoms with Gasteiger partial charge < -0.3 is 9.15 Å². The summed E-state index contributed by atoms with van der Waals surface area (Å²) in [7, 11) is 0. The molecule has 0 bridgehead atoms. The van der Waals surface area contributed by atoms with Crippen molar-refractivity contribution in [3.8, 4) is 0 Å². The molecule has 1 N–H and O–H groups in total. The Kier molecular flexibility index (Phi) is 5.69. The maximum atomic E-state index is 12.4. The molecule has 1 aliphatic heterocycles. The van der Waals surface area contributed by atoms with E-state index in [2.05, 4.69) is 25.5 Å². The van der Waals surface area contributed by atoms with Gasteiger partial charge >= 0.3 is 0 Å². The number of aromatic nitrogens is 4. The smallest absolute Gasteiger partial charge is 0.293 e. The molecule has 146 valence electrons. The maximum absolute atomic E-state index is 12.4. The number of amides is 1. The van der Waals surface area contributed by atoms with Crippen molar-refractivity contribution < 1.29 is 13.9 Å². The SMILES string of the molecule is Cc1cc(C)nc(SCc2ccc(C(=O)Nc3nnc([C@H]4CCCO4)s3)o2)n1. The molecule has 1 amide bonds. The van der Waals surface area contributed by atoms with Gasteiger partial charge in [-0.15, -0.1) is 10.2 Å². The minimum atomic E-state index is -0.353. The van der Waals surface area contributed by atoms with Gasteiger partial charge in [0.15, 0.2) is 10.9 Å². The van der Waals surface area contributed by atoms with E-state index < -0.39 is 0 Å². The summed E-state index contributed by atoms with van der Waals surface area (Å²) in [6.07, 6.45) is 1.95. The van der Waals surface area contributed by atoms with Crippen molar-refractivity contribution >= 4 is 34.1 Å². The van der Waals surface area contributed by atoms with Crippen molar-refractivity contribution in [2.75, 3.05) is 11.9 Å². The number of furan rings is 1. The maximum Gasteiger partial charge on any atom is 0.293 e. The zero-order valence-electron chi connectivity index (χ0n) is 15.5. The lowest BCUT2D eigenvalue weighted by Gasteiger charge is -2.02. The largest absolute Gasteiger partial charge is 0.455 e. The molecule has 0 aliphatic carbocycles. The molecule has 0 radical (unpaired) electrons. The molecule has 1 atom stereocenters. The van der Waals surface area contributed by atoms with Crippen molar-refractivity contribution in [2.24, 2.45) is 0 Å².